The third-order valence-corrected chi connectivity index (χ3v) is 4.81. The zero-order valence-electron chi connectivity index (χ0n) is 15.9. The van der Waals surface area contributed by atoms with Gasteiger partial charge in [0, 0.05) is 50.3 Å². The van der Waals surface area contributed by atoms with Crippen molar-refractivity contribution in [2.45, 2.75) is 26.2 Å². The summed E-state index contributed by atoms with van der Waals surface area (Å²) in [6, 6.07) is 12.4. The molecule has 0 bridgehead atoms. The van der Waals surface area contributed by atoms with Crippen LogP contribution < -0.4 is 4.90 Å². The molecule has 0 unspecified atom stereocenters. The maximum atomic E-state index is 12.5. The van der Waals surface area contributed by atoms with Gasteiger partial charge in [-0.25, -0.2) is 0 Å². The first-order chi connectivity index (χ1) is 12.4. The van der Waals surface area contributed by atoms with Crippen LogP contribution in [0.15, 0.2) is 54.9 Å². The predicted molar refractivity (Wildman–Crippen MR) is 107 cm³/mol. The third kappa shape index (κ3) is 4.51. The first-order valence-corrected chi connectivity index (χ1v) is 9.16. The molecule has 2 aromatic rings. The second-order valence-electron chi connectivity index (χ2n) is 7.72. The van der Waals surface area contributed by atoms with Crippen molar-refractivity contribution in [3.05, 3.63) is 66.0 Å². The molecule has 1 fully saturated rings. The topological polar surface area (TPSA) is 36.4 Å². The monoisotopic (exact) mass is 349 g/mol. The Hall–Kier alpha value is -2.62. The van der Waals surface area contributed by atoms with E-state index in [1.54, 1.807) is 18.5 Å². The summed E-state index contributed by atoms with van der Waals surface area (Å²) in [5.41, 5.74) is 3.67. The Morgan fingerprint density at radius 1 is 0.962 bits per heavy atom. The van der Waals surface area contributed by atoms with Gasteiger partial charge in [-0.2, -0.15) is 0 Å². The number of piperazine rings is 1. The van der Waals surface area contributed by atoms with Crippen LogP contribution in [-0.4, -0.2) is 42.0 Å². The molecule has 0 N–H and O–H groups in total. The van der Waals surface area contributed by atoms with Crippen LogP contribution in [0.2, 0.25) is 0 Å². The smallest absolute Gasteiger partial charge is 0.246 e. The number of hydrogen-bond acceptors (Lipinski definition) is 3. The average Bonchev–Trinajstić information content (AvgIpc) is 2.66. The zero-order chi connectivity index (χ0) is 18.6. The molecule has 1 amide bonds. The van der Waals surface area contributed by atoms with E-state index in [1.807, 2.05) is 23.1 Å². The van der Waals surface area contributed by atoms with E-state index in [4.69, 9.17) is 0 Å². The first kappa shape index (κ1) is 18.2. The van der Waals surface area contributed by atoms with Crippen LogP contribution >= 0.6 is 0 Å². The number of benzene rings is 1. The fourth-order valence-corrected chi connectivity index (χ4v) is 3.11. The fraction of sp³-hybridized carbons (Fsp3) is 0.364. The molecule has 0 aliphatic carbocycles. The number of aromatic nitrogens is 1. The molecule has 26 heavy (non-hydrogen) atoms. The van der Waals surface area contributed by atoms with E-state index < -0.39 is 0 Å². The molecule has 1 saturated heterocycles. The molecule has 0 atom stereocenters. The van der Waals surface area contributed by atoms with Crippen molar-refractivity contribution in [1.82, 2.24) is 9.88 Å². The van der Waals surface area contributed by atoms with E-state index in [0.717, 1.165) is 31.7 Å². The average molecular weight is 349 g/mol. The van der Waals surface area contributed by atoms with E-state index in [0.29, 0.717) is 0 Å². The van der Waals surface area contributed by atoms with Crippen molar-refractivity contribution < 1.29 is 4.79 Å². The van der Waals surface area contributed by atoms with Crippen molar-refractivity contribution in [3.63, 3.8) is 0 Å². The van der Waals surface area contributed by atoms with Crippen LogP contribution in [0.5, 0.6) is 0 Å². The summed E-state index contributed by atoms with van der Waals surface area (Å²) < 4.78 is 0. The van der Waals surface area contributed by atoms with Gasteiger partial charge in [0.05, 0.1) is 0 Å². The molecule has 1 aliphatic heterocycles. The highest BCUT2D eigenvalue weighted by Crippen LogP contribution is 2.22. The summed E-state index contributed by atoms with van der Waals surface area (Å²) in [7, 11) is 0. The lowest BCUT2D eigenvalue weighted by Crippen LogP contribution is -2.48. The summed E-state index contributed by atoms with van der Waals surface area (Å²) in [5.74, 6) is 0.0827. The minimum absolute atomic E-state index is 0.0827. The van der Waals surface area contributed by atoms with Crippen molar-refractivity contribution >= 4 is 17.7 Å². The molecule has 0 radical (unpaired) electrons. The molecular weight excluding hydrogens is 322 g/mol. The maximum absolute atomic E-state index is 12.5. The number of amides is 1. The fourth-order valence-electron chi connectivity index (χ4n) is 3.11. The highest BCUT2D eigenvalue weighted by molar-refractivity contribution is 5.92. The molecular formula is C22H27N3O. The van der Waals surface area contributed by atoms with Gasteiger partial charge in [0.1, 0.15) is 0 Å². The van der Waals surface area contributed by atoms with E-state index in [1.165, 1.54) is 11.3 Å². The maximum Gasteiger partial charge on any atom is 0.246 e. The third-order valence-electron chi connectivity index (χ3n) is 4.81. The van der Waals surface area contributed by atoms with Gasteiger partial charge in [-0.05, 0) is 34.8 Å². The number of hydrogen-bond donors (Lipinski definition) is 0. The minimum atomic E-state index is 0.0827. The van der Waals surface area contributed by atoms with Crippen molar-refractivity contribution in [2.75, 3.05) is 31.1 Å². The van der Waals surface area contributed by atoms with Crippen LogP contribution in [0.3, 0.4) is 0 Å². The molecule has 1 aromatic heterocycles. The van der Waals surface area contributed by atoms with Gasteiger partial charge in [-0.3, -0.25) is 9.78 Å². The molecule has 136 valence electrons. The van der Waals surface area contributed by atoms with Crippen LogP contribution in [0.4, 0.5) is 5.69 Å². The molecule has 1 aromatic carbocycles. The Bertz CT molecular complexity index is 752. The lowest BCUT2D eigenvalue weighted by molar-refractivity contribution is -0.126. The number of carbonyl (C=O) groups is 1. The largest absolute Gasteiger partial charge is 0.368 e. The number of rotatable bonds is 3. The Labute approximate surface area is 156 Å². The van der Waals surface area contributed by atoms with Gasteiger partial charge < -0.3 is 9.80 Å². The van der Waals surface area contributed by atoms with Gasteiger partial charge in [0.15, 0.2) is 0 Å². The first-order valence-electron chi connectivity index (χ1n) is 9.16. The SMILES string of the molecule is CC(C)(C)c1ccc(/C=C/C(=O)N2CCN(c3ccncc3)CC2)cc1. The molecule has 4 nitrogen and oxygen atoms in total. The van der Waals surface area contributed by atoms with Crippen LogP contribution in [-0.2, 0) is 10.2 Å². The second kappa shape index (κ2) is 7.73. The summed E-state index contributed by atoms with van der Waals surface area (Å²) in [6.45, 7) is 9.80. The van der Waals surface area contributed by atoms with Crippen LogP contribution in [0.25, 0.3) is 6.08 Å². The van der Waals surface area contributed by atoms with E-state index in [-0.39, 0.29) is 11.3 Å². The van der Waals surface area contributed by atoms with Gasteiger partial charge in [-0.15, -0.1) is 0 Å². The van der Waals surface area contributed by atoms with Gasteiger partial charge >= 0.3 is 0 Å². The standard InChI is InChI=1S/C22H27N3O/c1-22(2,3)19-7-4-18(5-8-19)6-9-21(26)25-16-14-24(15-17-25)20-10-12-23-13-11-20/h4-13H,14-17H2,1-3H3/b9-6+. The second-order valence-corrected chi connectivity index (χ2v) is 7.72. The Morgan fingerprint density at radius 3 is 2.15 bits per heavy atom. The van der Waals surface area contributed by atoms with Crippen molar-refractivity contribution in [2.24, 2.45) is 0 Å². The van der Waals surface area contributed by atoms with Crippen molar-refractivity contribution in [1.29, 1.82) is 0 Å². The van der Waals surface area contributed by atoms with Crippen molar-refractivity contribution in [3.8, 4) is 0 Å². The van der Waals surface area contributed by atoms with E-state index in [9.17, 15) is 4.79 Å². The quantitative estimate of drug-likeness (QED) is 0.792. The van der Waals surface area contributed by atoms with Gasteiger partial charge in [0.25, 0.3) is 0 Å². The Morgan fingerprint density at radius 2 is 1.58 bits per heavy atom. The van der Waals surface area contributed by atoms with Crippen LogP contribution in [0.1, 0.15) is 31.9 Å². The number of pyridine rings is 1. The summed E-state index contributed by atoms with van der Waals surface area (Å²) in [6.07, 6.45) is 7.21. The van der Waals surface area contributed by atoms with E-state index >= 15 is 0 Å². The summed E-state index contributed by atoms with van der Waals surface area (Å²) in [4.78, 5) is 20.7. The molecule has 3 rings (SSSR count). The van der Waals surface area contributed by atoms with Crippen LogP contribution in [0, 0.1) is 0 Å². The Balaban J connectivity index is 1.55. The summed E-state index contributed by atoms with van der Waals surface area (Å²) in [5, 5.41) is 0. The van der Waals surface area contributed by atoms with E-state index in [2.05, 4.69) is 54.9 Å². The normalized spacial score (nSPS) is 15.5. The highest BCUT2D eigenvalue weighted by Gasteiger charge is 2.19. The lowest BCUT2D eigenvalue weighted by Gasteiger charge is -2.35. The Kier molecular flexibility index (Phi) is 5.40. The number of carbonyl (C=O) groups excluding carboxylic acids is 1. The lowest BCUT2D eigenvalue weighted by atomic mass is 9.87. The highest BCUT2D eigenvalue weighted by atomic mass is 16.2. The molecule has 0 spiro atoms. The zero-order valence-corrected chi connectivity index (χ0v) is 15.9. The van der Waals surface area contributed by atoms with Gasteiger partial charge in [0.2, 0.25) is 5.91 Å². The molecule has 4 heteroatoms. The summed E-state index contributed by atoms with van der Waals surface area (Å²) >= 11 is 0. The molecule has 1 aliphatic rings. The number of nitrogens with zero attached hydrogens (tertiary/aromatic N) is 3. The van der Waals surface area contributed by atoms with Gasteiger partial charge in [-0.1, -0.05) is 45.0 Å². The molecule has 2 heterocycles. The molecule has 0 saturated carbocycles. The minimum Gasteiger partial charge on any atom is -0.368 e. The number of anilines is 1. The predicted octanol–water partition coefficient (Wildman–Crippen LogP) is 3.74.